The minimum atomic E-state index is 0.168. The maximum atomic E-state index is 12.8. The number of nitrogens with zero attached hydrogens (tertiary/aromatic N) is 2. The lowest BCUT2D eigenvalue weighted by molar-refractivity contribution is 0.0707. The van der Waals surface area contributed by atoms with Crippen LogP contribution >= 0.6 is 11.3 Å². The molecule has 0 aromatic carbocycles. The highest BCUT2D eigenvalue weighted by Crippen LogP contribution is 2.37. The van der Waals surface area contributed by atoms with E-state index in [9.17, 15) is 4.79 Å². The van der Waals surface area contributed by atoms with Crippen LogP contribution < -0.4 is 5.32 Å². The summed E-state index contributed by atoms with van der Waals surface area (Å²) in [5.74, 6) is 0.764. The van der Waals surface area contributed by atoms with Crippen molar-refractivity contribution in [2.24, 2.45) is 0 Å². The molecule has 3 rings (SSSR count). The van der Waals surface area contributed by atoms with Gasteiger partial charge in [-0.1, -0.05) is 12.8 Å². The van der Waals surface area contributed by atoms with Crippen LogP contribution in [-0.2, 0) is 0 Å². The van der Waals surface area contributed by atoms with Crippen LogP contribution in [0.4, 0.5) is 0 Å². The van der Waals surface area contributed by atoms with Crippen molar-refractivity contribution in [1.29, 1.82) is 0 Å². The average molecular weight is 307 g/mol. The third-order valence-electron chi connectivity index (χ3n) is 4.89. The molecule has 0 radical (unpaired) electrons. The predicted molar refractivity (Wildman–Crippen MR) is 86.0 cm³/mol. The van der Waals surface area contributed by atoms with Gasteiger partial charge in [0.15, 0.2) is 0 Å². The Balaban J connectivity index is 1.74. The summed E-state index contributed by atoms with van der Waals surface area (Å²) >= 11 is 1.64. The minimum Gasteiger partial charge on any atom is -0.338 e. The van der Waals surface area contributed by atoms with Crippen molar-refractivity contribution >= 4 is 17.2 Å². The Hall–Kier alpha value is -0.940. The first-order chi connectivity index (χ1) is 10.2. The van der Waals surface area contributed by atoms with Crippen molar-refractivity contribution < 1.29 is 4.79 Å². The Kier molecular flexibility index (Phi) is 4.60. The Morgan fingerprint density at radius 3 is 2.57 bits per heavy atom. The highest BCUT2D eigenvalue weighted by Gasteiger charge is 2.28. The average Bonchev–Trinajstić information content (AvgIpc) is 3.16. The van der Waals surface area contributed by atoms with E-state index in [1.54, 1.807) is 11.3 Å². The van der Waals surface area contributed by atoms with Crippen molar-refractivity contribution in [3.8, 4) is 0 Å². The highest BCUT2D eigenvalue weighted by molar-refractivity contribution is 7.13. The number of aryl methyl sites for hydroxylation is 1. The van der Waals surface area contributed by atoms with E-state index in [0.717, 1.165) is 36.5 Å². The van der Waals surface area contributed by atoms with Gasteiger partial charge in [-0.15, -0.1) is 11.3 Å². The summed E-state index contributed by atoms with van der Waals surface area (Å²) in [5, 5.41) is 4.54. The van der Waals surface area contributed by atoms with Crippen molar-refractivity contribution in [3.63, 3.8) is 0 Å². The molecule has 0 bridgehead atoms. The normalized spacial score (nSPS) is 20.9. The lowest BCUT2D eigenvalue weighted by atomic mass is 10.1. The molecule has 4 nitrogen and oxygen atoms in total. The van der Waals surface area contributed by atoms with Gasteiger partial charge in [-0.2, -0.15) is 0 Å². The molecule has 5 heteroatoms. The van der Waals surface area contributed by atoms with Gasteiger partial charge in [0.05, 0.1) is 10.7 Å². The monoisotopic (exact) mass is 307 g/mol. The molecule has 1 saturated heterocycles. The Morgan fingerprint density at radius 2 is 1.90 bits per heavy atom. The number of thiazole rings is 1. The summed E-state index contributed by atoms with van der Waals surface area (Å²) in [5.41, 5.74) is 0.924. The number of piperidine rings is 1. The lowest BCUT2D eigenvalue weighted by Crippen LogP contribution is -2.43. The summed E-state index contributed by atoms with van der Waals surface area (Å²) in [6.45, 7) is 4.01. The van der Waals surface area contributed by atoms with Crippen LogP contribution in [0.5, 0.6) is 0 Å². The van der Waals surface area contributed by atoms with Gasteiger partial charge in [-0.3, -0.25) is 4.79 Å². The van der Waals surface area contributed by atoms with Gasteiger partial charge in [0.25, 0.3) is 5.91 Å². The SMILES string of the molecule is Cc1nc(C2CCCC2)sc1C(=O)N(C)C1CCNCC1. The van der Waals surface area contributed by atoms with Crippen LogP contribution in [-0.4, -0.2) is 42.0 Å². The van der Waals surface area contributed by atoms with Gasteiger partial charge in [0, 0.05) is 19.0 Å². The van der Waals surface area contributed by atoms with Crippen molar-refractivity contribution in [2.45, 2.75) is 57.4 Å². The number of aromatic nitrogens is 1. The molecule has 0 atom stereocenters. The van der Waals surface area contributed by atoms with E-state index >= 15 is 0 Å². The van der Waals surface area contributed by atoms with Gasteiger partial charge in [-0.05, 0) is 45.7 Å². The predicted octanol–water partition coefficient (Wildman–Crippen LogP) is 2.93. The van der Waals surface area contributed by atoms with E-state index in [0.29, 0.717) is 12.0 Å². The van der Waals surface area contributed by atoms with E-state index < -0.39 is 0 Å². The number of amides is 1. The minimum absolute atomic E-state index is 0.168. The topological polar surface area (TPSA) is 45.2 Å². The van der Waals surface area contributed by atoms with E-state index in [1.807, 2.05) is 18.9 Å². The number of rotatable bonds is 3. The number of carbonyl (C=O) groups is 1. The molecule has 1 aliphatic heterocycles. The second-order valence-corrected chi connectivity index (χ2v) is 7.38. The van der Waals surface area contributed by atoms with Gasteiger partial charge in [0.1, 0.15) is 4.88 Å². The molecule has 1 amide bonds. The van der Waals surface area contributed by atoms with Crippen LogP contribution in [0.3, 0.4) is 0 Å². The highest BCUT2D eigenvalue weighted by atomic mass is 32.1. The van der Waals surface area contributed by atoms with Crippen molar-refractivity contribution in [3.05, 3.63) is 15.6 Å². The molecule has 1 saturated carbocycles. The summed E-state index contributed by atoms with van der Waals surface area (Å²) in [7, 11) is 1.95. The molecule has 2 aliphatic rings. The molecule has 1 N–H and O–H groups in total. The second kappa shape index (κ2) is 6.44. The summed E-state index contributed by atoms with van der Waals surface area (Å²) in [6.07, 6.45) is 7.20. The van der Waals surface area contributed by atoms with Crippen LogP contribution in [0.2, 0.25) is 0 Å². The Morgan fingerprint density at radius 1 is 1.24 bits per heavy atom. The molecule has 1 aromatic heterocycles. The molecule has 0 spiro atoms. The zero-order chi connectivity index (χ0) is 14.8. The summed E-state index contributed by atoms with van der Waals surface area (Å²) < 4.78 is 0. The molecule has 116 valence electrons. The first kappa shape index (κ1) is 15.0. The maximum Gasteiger partial charge on any atom is 0.265 e. The first-order valence-corrected chi connectivity index (χ1v) is 8.93. The summed E-state index contributed by atoms with van der Waals surface area (Å²) in [6, 6.07) is 0.371. The molecule has 1 aliphatic carbocycles. The standard InChI is InChI=1S/C16H25N3OS/c1-11-14(21-15(18-11)12-5-3-4-6-12)16(20)19(2)13-7-9-17-10-8-13/h12-13,17H,3-10H2,1-2H3. The smallest absolute Gasteiger partial charge is 0.265 e. The number of hydrogen-bond acceptors (Lipinski definition) is 4. The van der Waals surface area contributed by atoms with Crippen LogP contribution in [0.25, 0.3) is 0 Å². The first-order valence-electron chi connectivity index (χ1n) is 8.12. The van der Waals surface area contributed by atoms with Crippen molar-refractivity contribution in [1.82, 2.24) is 15.2 Å². The van der Waals surface area contributed by atoms with E-state index in [-0.39, 0.29) is 5.91 Å². The van der Waals surface area contributed by atoms with Crippen LogP contribution in [0.15, 0.2) is 0 Å². The van der Waals surface area contributed by atoms with Crippen LogP contribution in [0.1, 0.15) is 64.8 Å². The molecule has 0 unspecified atom stereocenters. The zero-order valence-corrected chi connectivity index (χ0v) is 13.8. The number of carbonyl (C=O) groups excluding carboxylic acids is 1. The molecular formula is C16H25N3OS. The fraction of sp³-hybridized carbons (Fsp3) is 0.750. The van der Waals surface area contributed by atoms with Gasteiger partial charge in [0.2, 0.25) is 0 Å². The van der Waals surface area contributed by atoms with Crippen LogP contribution in [0, 0.1) is 6.92 Å². The largest absolute Gasteiger partial charge is 0.338 e. The van der Waals surface area contributed by atoms with Gasteiger partial charge >= 0.3 is 0 Å². The fourth-order valence-corrected chi connectivity index (χ4v) is 4.70. The quantitative estimate of drug-likeness (QED) is 0.934. The Bertz CT molecular complexity index is 502. The Labute approximate surface area is 130 Å². The molecular weight excluding hydrogens is 282 g/mol. The zero-order valence-electron chi connectivity index (χ0n) is 13.0. The van der Waals surface area contributed by atoms with Gasteiger partial charge < -0.3 is 10.2 Å². The van der Waals surface area contributed by atoms with E-state index in [1.165, 1.54) is 30.7 Å². The third-order valence-corrected chi connectivity index (χ3v) is 6.20. The molecule has 1 aromatic rings. The second-order valence-electron chi connectivity index (χ2n) is 6.35. The maximum absolute atomic E-state index is 12.8. The fourth-order valence-electron chi connectivity index (χ4n) is 3.48. The van der Waals surface area contributed by atoms with Crippen molar-refractivity contribution in [2.75, 3.05) is 20.1 Å². The molecule has 2 heterocycles. The third kappa shape index (κ3) is 3.14. The number of nitrogens with one attached hydrogen (secondary N) is 1. The number of hydrogen-bond donors (Lipinski definition) is 1. The molecule has 2 fully saturated rings. The lowest BCUT2D eigenvalue weighted by Gasteiger charge is -2.31. The summed E-state index contributed by atoms with van der Waals surface area (Å²) in [4.78, 5) is 20.3. The van der Waals surface area contributed by atoms with Gasteiger partial charge in [-0.25, -0.2) is 4.98 Å². The van der Waals surface area contributed by atoms with E-state index in [2.05, 4.69) is 5.32 Å². The van der Waals surface area contributed by atoms with E-state index in [4.69, 9.17) is 4.98 Å². The molecule has 21 heavy (non-hydrogen) atoms.